The van der Waals surface area contributed by atoms with E-state index in [9.17, 15) is 13.2 Å². The molecule has 1 amide bonds. The number of ether oxygens (including phenoxy) is 1. The largest absolute Gasteiger partial charge is 0.476 e. The van der Waals surface area contributed by atoms with Crippen LogP contribution in [-0.4, -0.2) is 44.5 Å². The molecule has 0 bridgehead atoms. The number of carbonyl (C=O) groups is 1. The van der Waals surface area contributed by atoms with Gasteiger partial charge < -0.3 is 10.1 Å². The molecule has 1 fully saturated rings. The highest BCUT2D eigenvalue weighted by molar-refractivity contribution is 7.99. The summed E-state index contributed by atoms with van der Waals surface area (Å²) in [6.45, 7) is 2.38. The van der Waals surface area contributed by atoms with Crippen molar-refractivity contribution in [2.24, 2.45) is 0 Å². The third-order valence-electron chi connectivity index (χ3n) is 5.66. The van der Waals surface area contributed by atoms with Crippen molar-refractivity contribution in [1.29, 1.82) is 0 Å². The fraction of sp³-hybridized carbons (Fsp3) is 0.435. The Morgan fingerprint density at radius 3 is 2.65 bits per heavy atom. The van der Waals surface area contributed by atoms with E-state index in [2.05, 4.69) is 5.32 Å². The van der Waals surface area contributed by atoms with Crippen LogP contribution in [0.4, 0.5) is 5.69 Å². The van der Waals surface area contributed by atoms with Crippen molar-refractivity contribution in [3.8, 4) is 5.75 Å². The number of fused-ring (bicyclic) bond motifs is 1. The molecule has 1 saturated carbocycles. The molecule has 6 nitrogen and oxygen atoms in total. The number of thioether (sulfide) groups is 1. The first-order chi connectivity index (χ1) is 14.9. The van der Waals surface area contributed by atoms with Crippen LogP contribution < -0.4 is 14.4 Å². The molecule has 2 aromatic rings. The molecule has 4 rings (SSSR count). The van der Waals surface area contributed by atoms with Gasteiger partial charge in [0.05, 0.1) is 17.1 Å². The molecule has 1 unspecified atom stereocenters. The molecule has 1 heterocycles. The molecule has 31 heavy (non-hydrogen) atoms. The summed E-state index contributed by atoms with van der Waals surface area (Å²) < 4.78 is 34.0. The van der Waals surface area contributed by atoms with Gasteiger partial charge in [-0.1, -0.05) is 37.1 Å². The predicted molar refractivity (Wildman–Crippen MR) is 124 cm³/mol. The van der Waals surface area contributed by atoms with Gasteiger partial charge in [-0.3, -0.25) is 9.10 Å². The number of anilines is 1. The maximum Gasteiger partial charge on any atom is 0.264 e. The van der Waals surface area contributed by atoms with E-state index in [1.54, 1.807) is 42.5 Å². The second-order valence-electron chi connectivity index (χ2n) is 8.00. The van der Waals surface area contributed by atoms with Gasteiger partial charge in [0.2, 0.25) is 0 Å². The molecule has 166 valence electrons. The summed E-state index contributed by atoms with van der Waals surface area (Å²) in [6, 6.07) is 13.6. The van der Waals surface area contributed by atoms with Gasteiger partial charge in [-0.2, -0.15) is 11.8 Å². The van der Waals surface area contributed by atoms with Crippen LogP contribution >= 0.6 is 11.8 Å². The molecular weight excluding hydrogens is 432 g/mol. The van der Waals surface area contributed by atoms with Crippen LogP contribution in [0.15, 0.2) is 53.4 Å². The molecule has 1 N–H and O–H groups in total. The fourth-order valence-electron chi connectivity index (χ4n) is 4.01. The van der Waals surface area contributed by atoms with E-state index in [1.807, 2.05) is 24.8 Å². The zero-order valence-electron chi connectivity index (χ0n) is 17.6. The smallest absolute Gasteiger partial charge is 0.264 e. The van der Waals surface area contributed by atoms with Crippen molar-refractivity contribution in [2.75, 3.05) is 23.1 Å². The molecule has 1 atom stereocenters. The number of aryl methyl sites for hydroxylation is 1. The quantitative estimate of drug-likeness (QED) is 0.637. The second kappa shape index (κ2) is 9.53. The SMILES string of the molecule is Cc1ccc2c(c1)N(S(=O)(=O)c1ccccc1)CC(C(=O)NCCSC1CCCC1)O2. The van der Waals surface area contributed by atoms with E-state index in [4.69, 9.17) is 4.74 Å². The van der Waals surface area contributed by atoms with Gasteiger partial charge in [0.15, 0.2) is 6.10 Å². The zero-order chi connectivity index (χ0) is 21.8. The van der Waals surface area contributed by atoms with Crippen LogP contribution in [-0.2, 0) is 14.8 Å². The van der Waals surface area contributed by atoms with Crippen molar-refractivity contribution in [3.05, 3.63) is 54.1 Å². The number of hydrogen-bond donors (Lipinski definition) is 1. The van der Waals surface area contributed by atoms with Crippen LogP contribution in [0.1, 0.15) is 31.2 Å². The number of sulfonamides is 1. The van der Waals surface area contributed by atoms with E-state index in [0.717, 1.165) is 11.3 Å². The van der Waals surface area contributed by atoms with Crippen molar-refractivity contribution >= 4 is 33.4 Å². The van der Waals surface area contributed by atoms with E-state index < -0.39 is 16.1 Å². The first-order valence-corrected chi connectivity index (χ1v) is 13.2. The highest BCUT2D eigenvalue weighted by Gasteiger charge is 2.37. The Morgan fingerprint density at radius 2 is 1.90 bits per heavy atom. The molecule has 0 aromatic heterocycles. The first-order valence-electron chi connectivity index (χ1n) is 10.7. The number of rotatable bonds is 7. The number of benzene rings is 2. The average molecular weight is 461 g/mol. The lowest BCUT2D eigenvalue weighted by atomic mass is 10.1. The summed E-state index contributed by atoms with van der Waals surface area (Å²) in [4.78, 5) is 13.0. The highest BCUT2D eigenvalue weighted by atomic mass is 32.2. The van der Waals surface area contributed by atoms with Crippen LogP contribution in [0.5, 0.6) is 5.75 Å². The Labute approximate surface area is 188 Å². The minimum Gasteiger partial charge on any atom is -0.476 e. The van der Waals surface area contributed by atoms with Crippen molar-refractivity contribution in [1.82, 2.24) is 5.32 Å². The van der Waals surface area contributed by atoms with E-state index in [-0.39, 0.29) is 17.3 Å². The standard InChI is InChI=1S/C23H28N2O4S2/c1-17-11-12-21-20(15-17)25(31(27,28)19-9-3-2-4-10-19)16-22(29-21)23(26)24-13-14-30-18-7-5-6-8-18/h2-4,9-12,15,18,22H,5-8,13-14,16H2,1H3,(H,24,26). The van der Waals surface area contributed by atoms with Gasteiger partial charge in [0.25, 0.3) is 15.9 Å². The van der Waals surface area contributed by atoms with Crippen molar-refractivity contribution in [3.63, 3.8) is 0 Å². The minimum atomic E-state index is -3.83. The Morgan fingerprint density at radius 1 is 1.16 bits per heavy atom. The molecule has 0 spiro atoms. The lowest BCUT2D eigenvalue weighted by Crippen LogP contribution is -2.51. The third kappa shape index (κ3) is 5.01. The monoisotopic (exact) mass is 460 g/mol. The second-order valence-corrected chi connectivity index (χ2v) is 11.3. The highest BCUT2D eigenvalue weighted by Crippen LogP contribution is 2.37. The minimum absolute atomic E-state index is 0.0602. The molecule has 8 heteroatoms. The Hall–Kier alpha value is -2.19. The number of nitrogens with one attached hydrogen (secondary N) is 1. The summed E-state index contributed by atoms with van der Waals surface area (Å²) in [5.74, 6) is 0.966. The van der Waals surface area contributed by atoms with E-state index in [1.165, 1.54) is 30.0 Å². The van der Waals surface area contributed by atoms with Crippen LogP contribution in [0, 0.1) is 6.92 Å². The van der Waals surface area contributed by atoms with E-state index in [0.29, 0.717) is 23.2 Å². The van der Waals surface area contributed by atoms with Crippen LogP contribution in [0.3, 0.4) is 0 Å². The van der Waals surface area contributed by atoms with Gasteiger partial charge in [0, 0.05) is 17.5 Å². The third-order valence-corrected chi connectivity index (χ3v) is 8.84. The summed E-state index contributed by atoms with van der Waals surface area (Å²) in [5.41, 5.74) is 1.38. The average Bonchev–Trinajstić information content (AvgIpc) is 3.30. The number of amides is 1. The first kappa shape index (κ1) is 22.0. The Bertz CT molecular complexity index is 1020. The Balaban J connectivity index is 1.49. The molecule has 0 radical (unpaired) electrons. The van der Waals surface area contributed by atoms with Crippen molar-refractivity contribution in [2.45, 2.75) is 48.9 Å². The normalized spacial score (nSPS) is 19.0. The van der Waals surface area contributed by atoms with Gasteiger partial charge >= 0.3 is 0 Å². The van der Waals surface area contributed by atoms with Crippen LogP contribution in [0.25, 0.3) is 0 Å². The maximum absolute atomic E-state index is 13.4. The van der Waals surface area contributed by atoms with Gasteiger partial charge in [-0.05, 0) is 49.6 Å². The lowest BCUT2D eigenvalue weighted by Gasteiger charge is -2.35. The molecule has 2 aliphatic rings. The molecule has 1 aliphatic carbocycles. The number of nitrogens with zero attached hydrogens (tertiary/aromatic N) is 1. The lowest BCUT2D eigenvalue weighted by molar-refractivity contribution is -0.127. The fourth-order valence-corrected chi connectivity index (χ4v) is 6.72. The molecular formula is C23H28N2O4S2. The molecule has 1 aliphatic heterocycles. The topological polar surface area (TPSA) is 75.7 Å². The van der Waals surface area contributed by atoms with Crippen LogP contribution in [0.2, 0.25) is 0 Å². The number of hydrogen-bond acceptors (Lipinski definition) is 5. The van der Waals surface area contributed by atoms with E-state index >= 15 is 0 Å². The van der Waals surface area contributed by atoms with Gasteiger partial charge in [-0.25, -0.2) is 8.42 Å². The summed E-state index contributed by atoms with van der Waals surface area (Å²) >= 11 is 1.90. The van der Waals surface area contributed by atoms with Crippen molar-refractivity contribution < 1.29 is 17.9 Å². The zero-order valence-corrected chi connectivity index (χ0v) is 19.3. The molecule has 2 aromatic carbocycles. The van der Waals surface area contributed by atoms with Gasteiger partial charge in [-0.15, -0.1) is 0 Å². The Kier molecular flexibility index (Phi) is 6.77. The predicted octanol–water partition coefficient (Wildman–Crippen LogP) is 3.74. The molecule has 0 saturated heterocycles. The summed E-state index contributed by atoms with van der Waals surface area (Å²) in [7, 11) is -3.83. The summed E-state index contributed by atoms with van der Waals surface area (Å²) in [6.07, 6.45) is 4.21. The van der Waals surface area contributed by atoms with Gasteiger partial charge in [0.1, 0.15) is 5.75 Å². The summed E-state index contributed by atoms with van der Waals surface area (Å²) in [5, 5.41) is 3.62. The maximum atomic E-state index is 13.4. The number of carbonyl (C=O) groups excluding carboxylic acids is 1.